The molecule has 2 rings (SSSR count). The Morgan fingerprint density at radius 3 is 2.17 bits per heavy atom. The third kappa shape index (κ3) is 2.51. The van der Waals surface area contributed by atoms with E-state index in [2.05, 4.69) is 16.8 Å². The fourth-order valence-electron chi connectivity index (χ4n) is 1.79. The van der Waals surface area contributed by atoms with E-state index in [0.717, 1.165) is 11.3 Å². The van der Waals surface area contributed by atoms with E-state index >= 15 is 0 Å². The molecule has 0 bridgehead atoms. The number of rotatable bonds is 4. The third-order valence-electron chi connectivity index (χ3n) is 3.13. The largest absolute Gasteiger partial charge is 0.469 e. The molecule has 0 aliphatic rings. The molecule has 1 atom stereocenters. The van der Waals surface area contributed by atoms with Crippen molar-refractivity contribution in [3.8, 4) is 5.75 Å². The highest BCUT2D eigenvalue weighted by atomic mass is 16.5. The van der Waals surface area contributed by atoms with Gasteiger partial charge < -0.3 is 4.74 Å². The van der Waals surface area contributed by atoms with Crippen LogP contribution in [0.3, 0.4) is 0 Å². The van der Waals surface area contributed by atoms with Gasteiger partial charge in [0.25, 0.3) is 0 Å². The van der Waals surface area contributed by atoms with Gasteiger partial charge in [-0.2, -0.15) is 0 Å². The van der Waals surface area contributed by atoms with Crippen LogP contribution in [-0.2, 0) is 5.72 Å². The number of para-hydroxylation sites is 1. The lowest BCUT2D eigenvalue weighted by Crippen LogP contribution is -2.43. The highest BCUT2D eigenvalue weighted by Gasteiger charge is 2.31. The molecule has 0 amide bonds. The van der Waals surface area contributed by atoms with Crippen LogP contribution >= 0.6 is 0 Å². The zero-order valence-corrected chi connectivity index (χ0v) is 11.0. The summed E-state index contributed by atoms with van der Waals surface area (Å²) in [5.74, 6) is 0.852. The molecule has 1 heterocycles. The van der Waals surface area contributed by atoms with Gasteiger partial charge in [0.2, 0.25) is 0 Å². The van der Waals surface area contributed by atoms with Crippen LogP contribution in [0, 0.1) is 0 Å². The van der Waals surface area contributed by atoms with Crippen molar-refractivity contribution < 1.29 is 4.74 Å². The van der Waals surface area contributed by atoms with Crippen molar-refractivity contribution in [3.63, 3.8) is 0 Å². The van der Waals surface area contributed by atoms with Crippen LogP contribution in [0.2, 0.25) is 0 Å². The van der Waals surface area contributed by atoms with Crippen molar-refractivity contribution in [1.29, 1.82) is 0 Å². The average molecular weight is 242 g/mol. The maximum Gasteiger partial charge on any atom is 0.186 e. The van der Waals surface area contributed by atoms with Crippen LogP contribution in [-0.4, -0.2) is 24.0 Å². The van der Waals surface area contributed by atoms with E-state index in [0.29, 0.717) is 0 Å². The minimum absolute atomic E-state index is 0.510. The quantitative estimate of drug-likeness (QED) is 0.771. The van der Waals surface area contributed by atoms with Crippen molar-refractivity contribution in [2.45, 2.75) is 12.6 Å². The van der Waals surface area contributed by atoms with Gasteiger partial charge in [0, 0.05) is 18.0 Å². The lowest BCUT2D eigenvalue weighted by atomic mass is 10.1. The number of pyridine rings is 1. The lowest BCUT2D eigenvalue weighted by Gasteiger charge is -2.37. The Labute approximate surface area is 108 Å². The van der Waals surface area contributed by atoms with Crippen LogP contribution in [0.4, 0.5) is 0 Å². The SMILES string of the molecule is CN(C)C(C)(Oc1ccccc1)c1ccncc1. The predicted octanol–water partition coefficient (Wildman–Crippen LogP) is 2.89. The second-order valence-electron chi connectivity index (χ2n) is 4.53. The van der Waals surface area contributed by atoms with E-state index in [4.69, 9.17) is 4.74 Å². The van der Waals surface area contributed by atoms with Crippen LogP contribution in [0.15, 0.2) is 54.9 Å². The second-order valence-corrected chi connectivity index (χ2v) is 4.53. The van der Waals surface area contributed by atoms with E-state index < -0.39 is 5.72 Å². The summed E-state index contributed by atoms with van der Waals surface area (Å²) in [6.45, 7) is 2.05. The minimum atomic E-state index is -0.510. The molecule has 3 nitrogen and oxygen atoms in total. The van der Waals surface area contributed by atoms with Crippen molar-refractivity contribution in [2.75, 3.05) is 14.1 Å². The molecule has 1 aromatic carbocycles. The number of hydrogen-bond donors (Lipinski definition) is 0. The van der Waals surface area contributed by atoms with E-state index in [1.807, 2.05) is 56.6 Å². The highest BCUT2D eigenvalue weighted by molar-refractivity contribution is 5.25. The molecule has 94 valence electrons. The van der Waals surface area contributed by atoms with Crippen molar-refractivity contribution in [2.24, 2.45) is 0 Å². The summed E-state index contributed by atoms with van der Waals surface area (Å²) >= 11 is 0. The van der Waals surface area contributed by atoms with Gasteiger partial charge in [0.15, 0.2) is 5.72 Å². The average Bonchev–Trinajstić information content (AvgIpc) is 2.40. The Kier molecular flexibility index (Phi) is 3.63. The Bertz CT molecular complexity index is 484. The topological polar surface area (TPSA) is 25.4 Å². The van der Waals surface area contributed by atoms with E-state index in [1.165, 1.54) is 0 Å². The van der Waals surface area contributed by atoms with Gasteiger partial charge in [0.05, 0.1) is 0 Å². The summed E-state index contributed by atoms with van der Waals surface area (Å²) in [6, 6.07) is 13.8. The first kappa shape index (κ1) is 12.6. The molecule has 0 radical (unpaired) electrons. The Balaban J connectivity index is 2.34. The van der Waals surface area contributed by atoms with E-state index in [1.54, 1.807) is 12.4 Å². The lowest BCUT2D eigenvalue weighted by molar-refractivity contribution is -0.0468. The predicted molar refractivity (Wildman–Crippen MR) is 72.3 cm³/mol. The summed E-state index contributed by atoms with van der Waals surface area (Å²) in [7, 11) is 4.01. The third-order valence-corrected chi connectivity index (χ3v) is 3.13. The molecule has 0 saturated heterocycles. The van der Waals surface area contributed by atoms with Gasteiger partial charge in [-0.15, -0.1) is 0 Å². The molecule has 18 heavy (non-hydrogen) atoms. The molecular formula is C15H18N2O. The Morgan fingerprint density at radius 2 is 1.61 bits per heavy atom. The number of benzene rings is 1. The molecule has 2 aromatic rings. The molecule has 0 aliphatic carbocycles. The van der Waals surface area contributed by atoms with Crippen LogP contribution in [0.25, 0.3) is 0 Å². The van der Waals surface area contributed by atoms with Gasteiger partial charge in [-0.1, -0.05) is 18.2 Å². The number of nitrogens with zero attached hydrogens (tertiary/aromatic N) is 2. The number of aromatic nitrogens is 1. The van der Waals surface area contributed by atoms with Crippen LogP contribution in [0.1, 0.15) is 12.5 Å². The molecule has 3 heteroatoms. The van der Waals surface area contributed by atoms with E-state index in [9.17, 15) is 0 Å². The molecule has 1 unspecified atom stereocenters. The van der Waals surface area contributed by atoms with E-state index in [-0.39, 0.29) is 0 Å². The van der Waals surface area contributed by atoms with Gasteiger partial charge >= 0.3 is 0 Å². The van der Waals surface area contributed by atoms with Gasteiger partial charge in [-0.05, 0) is 45.3 Å². The van der Waals surface area contributed by atoms with Crippen molar-refractivity contribution in [3.05, 3.63) is 60.4 Å². The molecular weight excluding hydrogens is 224 g/mol. The zero-order chi connectivity index (χ0) is 13.0. The molecule has 1 aromatic heterocycles. The minimum Gasteiger partial charge on any atom is -0.469 e. The first-order valence-electron chi connectivity index (χ1n) is 5.95. The normalized spacial score (nSPS) is 14.2. The summed E-state index contributed by atoms with van der Waals surface area (Å²) in [6.07, 6.45) is 3.57. The maximum absolute atomic E-state index is 6.15. The second kappa shape index (κ2) is 5.19. The van der Waals surface area contributed by atoms with Crippen LogP contribution in [0.5, 0.6) is 5.75 Å². The van der Waals surface area contributed by atoms with Crippen molar-refractivity contribution in [1.82, 2.24) is 9.88 Å². The maximum atomic E-state index is 6.15. The monoisotopic (exact) mass is 242 g/mol. The summed E-state index contributed by atoms with van der Waals surface area (Å²) in [5.41, 5.74) is 0.566. The standard InChI is InChI=1S/C15H18N2O/c1-15(17(2)3,13-9-11-16-12-10-13)18-14-7-5-4-6-8-14/h4-12H,1-3H3. The zero-order valence-electron chi connectivity index (χ0n) is 11.0. The van der Waals surface area contributed by atoms with Crippen molar-refractivity contribution >= 4 is 0 Å². The summed E-state index contributed by atoms with van der Waals surface area (Å²) < 4.78 is 6.15. The Morgan fingerprint density at radius 1 is 1.00 bits per heavy atom. The highest BCUT2D eigenvalue weighted by Crippen LogP contribution is 2.29. The fourth-order valence-corrected chi connectivity index (χ4v) is 1.79. The first-order chi connectivity index (χ1) is 8.63. The summed E-state index contributed by atoms with van der Waals surface area (Å²) in [5, 5.41) is 0. The summed E-state index contributed by atoms with van der Waals surface area (Å²) in [4.78, 5) is 6.10. The molecule has 0 saturated carbocycles. The molecule has 0 N–H and O–H groups in total. The molecule has 0 spiro atoms. The first-order valence-corrected chi connectivity index (χ1v) is 5.95. The van der Waals surface area contributed by atoms with Gasteiger partial charge in [-0.3, -0.25) is 9.88 Å². The Hall–Kier alpha value is -1.87. The number of hydrogen-bond acceptors (Lipinski definition) is 3. The van der Waals surface area contributed by atoms with Gasteiger partial charge in [-0.25, -0.2) is 0 Å². The molecule has 0 aliphatic heterocycles. The van der Waals surface area contributed by atoms with Crippen LogP contribution < -0.4 is 4.74 Å². The smallest absolute Gasteiger partial charge is 0.186 e. The fraction of sp³-hybridized carbons (Fsp3) is 0.267. The molecule has 0 fully saturated rings. The number of ether oxygens (including phenoxy) is 1. The van der Waals surface area contributed by atoms with Gasteiger partial charge in [0.1, 0.15) is 5.75 Å².